The number of hydrogen-bond donors (Lipinski definition) is 1. The van der Waals surface area contributed by atoms with Crippen LogP contribution in [0.2, 0.25) is 0 Å². The summed E-state index contributed by atoms with van der Waals surface area (Å²) >= 11 is 0. The second-order valence-corrected chi connectivity index (χ2v) is 5.05. The summed E-state index contributed by atoms with van der Waals surface area (Å²) in [6.07, 6.45) is 3.40. The highest BCUT2D eigenvalue weighted by atomic mass is 19.1. The number of aryl methyl sites for hydroxylation is 1. The van der Waals surface area contributed by atoms with Crippen LogP contribution >= 0.6 is 0 Å². The Morgan fingerprint density at radius 3 is 2.53 bits per heavy atom. The van der Waals surface area contributed by atoms with Crippen molar-refractivity contribution in [3.8, 4) is 0 Å². The van der Waals surface area contributed by atoms with E-state index in [4.69, 9.17) is 0 Å². The Bertz CT molecular complexity index is 340. The summed E-state index contributed by atoms with van der Waals surface area (Å²) in [5.41, 5.74) is 2.04. The quantitative estimate of drug-likeness (QED) is 0.718. The maximum absolute atomic E-state index is 13.6. The first-order valence-electron chi connectivity index (χ1n) is 7.61. The van der Waals surface area contributed by atoms with Crippen LogP contribution in [0.3, 0.4) is 0 Å². The molecule has 0 fully saturated rings. The fourth-order valence-corrected chi connectivity index (χ4v) is 1.80. The van der Waals surface area contributed by atoms with Crippen molar-refractivity contribution in [3.05, 3.63) is 35.1 Å². The standard InChI is InChI=1S/C15H24FN.C2H6.H2/c1-4-5-6-13-7-8-15(16)14(9-13)11-17-10-12(2)3;1-2;/h7-9,12,17H,4-6,10-11H2,1-3H3;1-2H3;1H. The lowest BCUT2D eigenvalue weighted by Gasteiger charge is -2.10. The molecule has 1 aromatic rings. The van der Waals surface area contributed by atoms with Crippen molar-refractivity contribution in [2.75, 3.05) is 6.54 Å². The molecule has 0 saturated heterocycles. The van der Waals surface area contributed by atoms with Crippen molar-refractivity contribution >= 4 is 0 Å². The average Bonchev–Trinajstić information content (AvgIpc) is 2.41. The lowest BCUT2D eigenvalue weighted by Crippen LogP contribution is -2.19. The molecule has 0 spiro atoms. The predicted molar refractivity (Wildman–Crippen MR) is 85.0 cm³/mol. The number of nitrogens with one attached hydrogen (secondary N) is 1. The minimum absolute atomic E-state index is 0. The zero-order chi connectivity index (χ0) is 14.7. The van der Waals surface area contributed by atoms with E-state index in [9.17, 15) is 4.39 Å². The predicted octanol–water partition coefficient (Wildman–Crippen LogP) is 5.19. The highest BCUT2D eigenvalue weighted by Crippen LogP contribution is 2.13. The minimum atomic E-state index is -0.0958. The summed E-state index contributed by atoms with van der Waals surface area (Å²) < 4.78 is 13.6. The van der Waals surface area contributed by atoms with Gasteiger partial charge in [0.2, 0.25) is 0 Å². The molecular weight excluding hydrogens is 237 g/mol. The average molecular weight is 269 g/mol. The van der Waals surface area contributed by atoms with Gasteiger partial charge in [-0.1, -0.05) is 53.2 Å². The summed E-state index contributed by atoms with van der Waals surface area (Å²) in [4.78, 5) is 0. The van der Waals surface area contributed by atoms with Crippen molar-refractivity contribution in [2.45, 2.75) is 60.4 Å². The molecule has 0 aliphatic heterocycles. The molecule has 0 saturated carbocycles. The van der Waals surface area contributed by atoms with Crippen molar-refractivity contribution in [2.24, 2.45) is 5.92 Å². The Morgan fingerprint density at radius 1 is 1.26 bits per heavy atom. The van der Waals surface area contributed by atoms with Gasteiger partial charge in [0.05, 0.1) is 0 Å². The molecule has 0 heterocycles. The smallest absolute Gasteiger partial charge is 0.127 e. The first kappa shape index (κ1) is 18.1. The highest BCUT2D eigenvalue weighted by Gasteiger charge is 2.04. The lowest BCUT2D eigenvalue weighted by molar-refractivity contribution is 0.534. The molecule has 1 nitrogen and oxygen atoms in total. The molecule has 0 radical (unpaired) electrons. The Labute approximate surface area is 120 Å². The van der Waals surface area contributed by atoms with Crippen molar-refractivity contribution in [3.63, 3.8) is 0 Å². The van der Waals surface area contributed by atoms with E-state index < -0.39 is 0 Å². The molecule has 0 unspecified atom stereocenters. The van der Waals surface area contributed by atoms with Crippen LogP contribution in [0.4, 0.5) is 4.39 Å². The zero-order valence-electron chi connectivity index (χ0n) is 13.2. The monoisotopic (exact) mass is 269 g/mol. The van der Waals surface area contributed by atoms with Gasteiger partial charge in [0, 0.05) is 13.5 Å². The van der Waals surface area contributed by atoms with Crippen LogP contribution in [0, 0.1) is 11.7 Å². The fourth-order valence-electron chi connectivity index (χ4n) is 1.80. The van der Waals surface area contributed by atoms with E-state index >= 15 is 0 Å². The van der Waals surface area contributed by atoms with E-state index in [1.807, 2.05) is 26.0 Å². The van der Waals surface area contributed by atoms with Crippen LogP contribution in [0.25, 0.3) is 0 Å². The third-order valence-corrected chi connectivity index (χ3v) is 2.80. The van der Waals surface area contributed by atoms with Gasteiger partial charge >= 0.3 is 0 Å². The van der Waals surface area contributed by atoms with Crippen LogP contribution in [-0.4, -0.2) is 6.54 Å². The van der Waals surface area contributed by atoms with E-state index in [0.717, 1.165) is 18.5 Å². The Morgan fingerprint density at radius 2 is 1.95 bits per heavy atom. The molecule has 1 N–H and O–H groups in total. The van der Waals surface area contributed by atoms with Gasteiger partial charge in [-0.25, -0.2) is 4.39 Å². The van der Waals surface area contributed by atoms with Crippen LogP contribution < -0.4 is 5.32 Å². The van der Waals surface area contributed by atoms with Gasteiger partial charge in [0.15, 0.2) is 0 Å². The summed E-state index contributed by atoms with van der Waals surface area (Å²) in [6, 6.07) is 5.49. The van der Waals surface area contributed by atoms with Crippen LogP contribution in [0.1, 0.15) is 60.0 Å². The van der Waals surface area contributed by atoms with Crippen LogP contribution in [0.15, 0.2) is 18.2 Å². The van der Waals surface area contributed by atoms with E-state index in [2.05, 4.69) is 26.1 Å². The molecule has 1 aromatic carbocycles. The van der Waals surface area contributed by atoms with E-state index in [1.54, 1.807) is 6.07 Å². The number of benzene rings is 1. The maximum Gasteiger partial charge on any atom is 0.127 e. The Kier molecular flexibility index (Phi) is 10.5. The van der Waals surface area contributed by atoms with Crippen LogP contribution in [-0.2, 0) is 13.0 Å². The normalized spacial score (nSPS) is 10.3. The van der Waals surface area contributed by atoms with E-state index in [0.29, 0.717) is 12.5 Å². The topological polar surface area (TPSA) is 12.0 Å². The fraction of sp³-hybridized carbons (Fsp3) is 0.647. The number of halogens is 1. The third-order valence-electron chi connectivity index (χ3n) is 2.80. The molecule has 0 bridgehead atoms. The Hall–Kier alpha value is -0.890. The van der Waals surface area contributed by atoms with Gasteiger partial charge in [-0.15, -0.1) is 0 Å². The first-order chi connectivity index (χ1) is 9.13. The number of rotatable bonds is 7. The van der Waals surface area contributed by atoms with E-state index in [-0.39, 0.29) is 7.24 Å². The first-order valence-corrected chi connectivity index (χ1v) is 7.61. The van der Waals surface area contributed by atoms with E-state index in [1.165, 1.54) is 18.4 Å². The molecule has 0 aliphatic rings. The van der Waals surface area contributed by atoms with Gasteiger partial charge in [0.25, 0.3) is 0 Å². The molecule has 19 heavy (non-hydrogen) atoms. The molecule has 0 atom stereocenters. The van der Waals surface area contributed by atoms with Crippen molar-refractivity contribution in [1.29, 1.82) is 0 Å². The highest BCUT2D eigenvalue weighted by molar-refractivity contribution is 5.25. The molecule has 0 aromatic heterocycles. The maximum atomic E-state index is 13.6. The van der Waals surface area contributed by atoms with Gasteiger partial charge in [-0.05, 0) is 36.9 Å². The largest absolute Gasteiger partial charge is 0.312 e. The Balaban J connectivity index is 0. The SMILES string of the molecule is CC.CCCCc1ccc(F)c(CNCC(C)C)c1.[HH]. The third kappa shape index (κ3) is 7.99. The molecule has 112 valence electrons. The summed E-state index contributed by atoms with van der Waals surface area (Å²) in [7, 11) is 0. The second kappa shape index (κ2) is 11.0. The number of hydrogen-bond acceptors (Lipinski definition) is 1. The van der Waals surface area contributed by atoms with Crippen molar-refractivity contribution in [1.82, 2.24) is 5.32 Å². The summed E-state index contributed by atoms with van der Waals surface area (Å²) in [6.45, 7) is 12.0. The van der Waals surface area contributed by atoms with Crippen molar-refractivity contribution < 1.29 is 5.82 Å². The molecule has 0 amide bonds. The van der Waals surface area contributed by atoms with Gasteiger partial charge < -0.3 is 5.32 Å². The molecular formula is C17H32FN. The molecule has 1 rings (SSSR count). The summed E-state index contributed by atoms with van der Waals surface area (Å²) in [5.74, 6) is 0.503. The van der Waals surface area contributed by atoms with Gasteiger partial charge in [0.1, 0.15) is 5.82 Å². The molecule has 2 heteroatoms. The number of unbranched alkanes of at least 4 members (excludes halogenated alkanes) is 1. The van der Waals surface area contributed by atoms with Crippen LogP contribution in [0.5, 0.6) is 0 Å². The zero-order valence-corrected chi connectivity index (χ0v) is 13.2. The lowest BCUT2D eigenvalue weighted by atomic mass is 10.0. The van der Waals surface area contributed by atoms with Gasteiger partial charge in [-0.3, -0.25) is 0 Å². The summed E-state index contributed by atoms with van der Waals surface area (Å²) in [5, 5.41) is 3.29. The molecule has 0 aliphatic carbocycles. The van der Waals surface area contributed by atoms with Gasteiger partial charge in [-0.2, -0.15) is 0 Å². The second-order valence-electron chi connectivity index (χ2n) is 5.05. The minimum Gasteiger partial charge on any atom is -0.312 e.